The zero-order chi connectivity index (χ0) is 26.0. The van der Waals surface area contributed by atoms with Crippen LogP contribution in [0.2, 0.25) is 0 Å². The molecule has 1 amide bonds. The van der Waals surface area contributed by atoms with Gasteiger partial charge in [0.1, 0.15) is 29.2 Å². The Bertz CT molecular complexity index is 1220. The Morgan fingerprint density at radius 3 is 2.72 bits per heavy atom. The lowest BCUT2D eigenvalue weighted by molar-refractivity contribution is -0.155. The van der Waals surface area contributed by atoms with E-state index in [0.29, 0.717) is 23.7 Å². The van der Waals surface area contributed by atoms with E-state index in [1.54, 1.807) is 58.1 Å². The maximum Gasteiger partial charge on any atom is 0.341 e. The van der Waals surface area contributed by atoms with E-state index in [4.69, 9.17) is 24.2 Å². The summed E-state index contributed by atoms with van der Waals surface area (Å²) < 4.78 is 16.9. The highest BCUT2D eigenvalue weighted by Crippen LogP contribution is 2.38. The Morgan fingerprint density at radius 1 is 1.28 bits per heavy atom. The van der Waals surface area contributed by atoms with Crippen LogP contribution >= 0.6 is 0 Å². The molecule has 2 aliphatic heterocycles. The lowest BCUT2D eigenvalue weighted by Gasteiger charge is -2.26. The minimum absolute atomic E-state index is 0.00504. The molecule has 0 aromatic heterocycles. The van der Waals surface area contributed by atoms with E-state index in [0.717, 1.165) is 5.57 Å². The molecule has 3 aliphatic rings. The SMILES string of the molecule is CC1N=C(C2=CC=C3Oc4cccc(OCC(=O)O)c4C(=O)N(CC(=O)OC(C)(C)C)C3=CC2)NO1. The first-order valence-electron chi connectivity index (χ1n) is 11.3. The number of rotatable bonds is 6. The average molecular weight is 498 g/mol. The van der Waals surface area contributed by atoms with E-state index >= 15 is 0 Å². The van der Waals surface area contributed by atoms with Crippen molar-refractivity contribution < 1.29 is 38.5 Å². The van der Waals surface area contributed by atoms with Crippen LogP contribution in [0.1, 0.15) is 44.5 Å². The fourth-order valence-corrected chi connectivity index (χ4v) is 3.76. The second kappa shape index (κ2) is 9.86. The molecule has 4 rings (SSSR count). The third-order valence-corrected chi connectivity index (χ3v) is 5.16. The van der Waals surface area contributed by atoms with Gasteiger partial charge in [-0.1, -0.05) is 18.2 Å². The van der Waals surface area contributed by atoms with Gasteiger partial charge in [0.05, 0.1) is 5.70 Å². The third-order valence-electron chi connectivity index (χ3n) is 5.16. The number of aliphatic imine (C=N–C) groups is 1. The van der Waals surface area contributed by atoms with Crippen molar-refractivity contribution in [1.29, 1.82) is 0 Å². The number of carboxylic acid groups (broad SMARTS) is 1. The van der Waals surface area contributed by atoms with Gasteiger partial charge in [-0.2, -0.15) is 0 Å². The van der Waals surface area contributed by atoms with Gasteiger partial charge in [0, 0.05) is 5.57 Å². The van der Waals surface area contributed by atoms with Gasteiger partial charge in [-0.3, -0.25) is 14.5 Å². The summed E-state index contributed by atoms with van der Waals surface area (Å²) in [6, 6.07) is 4.64. The normalized spacial score (nSPS) is 19.2. The van der Waals surface area contributed by atoms with Gasteiger partial charge < -0.3 is 19.3 Å². The predicted octanol–water partition coefficient (Wildman–Crippen LogP) is 2.70. The van der Waals surface area contributed by atoms with E-state index in [1.165, 1.54) is 11.0 Å². The van der Waals surface area contributed by atoms with E-state index in [1.807, 2.05) is 0 Å². The number of benzene rings is 1. The van der Waals surface area contributed by atoms with Crippen molar-refractivity contribution in [1.82, 2.24) is 10.4 Å². The summed E-state index contributed by atoms with van der Waals surface area (Å²) >= 11 is 0. The van der Waals surface area contributed by atoms with Crippen LogP contribution in [0, 0.1) is 0 Å². The summed E-state index contributed by atoms with van der Waals surface area (Å²) in [4.78, 5) is 48.6. The number of nitrogens with zero attached hydrogens (tertiary/aromatic N) is 2. The summed E-state index contributed by atoms with van der Waals surface area (Å²) in [5, 5.41) is 9.05. The number of esters is 1. The molecule has 0 fully saturated rings. The first-order valence-corrected chi connectivity index (χ1v) is 11.3. The lowest BCUT2D eigenvalue weighted by atomic mass is 10.1. The highest BCUT2D eigenvalue weighted by molar-refractivity contribution is 6.03. The van der Waals surface area contributed by atoms with E-state index in [9.17, 15) is 14.4 Å². The third kappa shape index (κ3) is 5.57. The zero-order valence-corrected chi connectivity index (χ0v) is 20.4. The number of carbonyl (C=O) groups excluding carboxylic acids is 2. The monoisotopic (exact) mass is 497 g/mol. The average Bonchev–Trinajstić information content (AvgIpc) is 3.06. The predicted molar refractivity (Wildman–Crippen MR) is 127 cm³/mol. The standard InChI is InChI=1S/C25H27N3O8/c1-14-26-23(27-36-14)15-8-10-16-17(11-9-15)34-19-7-5-6-18(33-13-20(29)30)22(19)24(32)28(16)12-21(31)35-25(2,3)4/h5-7,9-11,14H,8,12-13H2,1-4H3,(H,26,27)(H,29,30). The molecular formula is C25H27N3O8. The second-order valence-electron chi connectivity index (χ2n) is 9.20. The lowest BCUT2D eigenvalue weighted by Crippen LogP contribution is -2.38. The number of fused-ring (bicyclic) bond motifs is 2. The molecule has 1 unspecified atom stereocenters. The number of hydroxylamine groups is 1. The number of ether oxygens (including phenoxy) is 3. The number of hydrogen-bond acceptors (Lipinski definition) is 9. The molecular weight excluding hydrogens is 470 g/mol. The van der Waals surface area contributed by atoms with E-state index < -0.39 is 36.6 Å². The van der Waals surface area contributed by atoms with Crippen molar-refractivity contribution in [3.05, 3.63) is 59.0 Å². The summed E-state index contributed by atoms with van der Waals surface area (Å²) in [6.07, 6.45) is 5.24. The highest BCUT2D eigenvalue weighted by Gasteiger charge is 2.36. The maximum absolute atomic E-state index is 13.8. The Balaban J connectivity index is 1.77. The number of aliphatic carboxylic acids is 1. The van der Waals surface area contributed by atoms with Gasteiger partial charge >= 0.3 is 11.9 Å². The van der Waals surface area contributed by atoms with Crippen LogP contribution in [0.3, 0.4) is 0 Å². The smallest absolute Gasteiger partial charge is 0.341 e. The fraction of sp³-hybridized carbons (Fsp3) is 0.360. The van der Waals surface area contributed by atoms with Crippen molar-refractivity contribution >= 4 is 23.7 Å². The van der Waals surface area contributed by atoms with Crippen LogP contribution in [-0.4, -0.2) is 58.7 Å². The minimum Gasteiger partial charge on any atom is -0.481 e. The van der Waals surface area contributed by atoms with Crippen molar-refractivity contribution in [2.24, 2.45) is 4.99 Å². The quantitative estimate of drug-likeness (QED) is 0.569. The molecule has 0 radical (unpaired) electrons. The Morgan fingerprint density at radius 2 is 2.06 bits per heavy atom. The molecule has 0 saturated carbocycles. The maximum atomic E-state index is 13.8. The van der Waals surface area contributed by atoms with Crippen LogP contribution in [0.15, 0.2) is 58.4 Å². The molecule has 190 valence electrons. The summed E-state index contributed by atoms with van der Waals surface area (Å²) in [6.45, 7) is 5.94. The Kier molecular flexibility index (Phi) is 6.84. The van der Waals surface area contributed by atoms with Crippen LogP contribution in [0.25, 0.3) is 0 Å². The molecule has 1 aromatic carbocycles. The summed E-state index contributed by atoms with van der Waals surface area (Å²) in [7, 11) is 0. The van der Waals surface area contributed by atoms with Gasteiger partial charge in [0.15, 0.2) is 24.4 Å². The van der Waals surface area contributed by atoms with Crippen molar-refractivity contribution in [2.45, 2.75) is 45.9 Å². The van der Waals surface area contributed by atoms with Gasteiger partial charge in [-0.15, -0.1) is 0 Å². The molecule has 36 heavy (non-hydrogen) atoms. The van der Waals surface area contributed by atoms with Gasteiger partial charge in [0.2, 0.25) is 0 Å². The van der Waals surface area contributed by atoms with Crippen molar-refractivity contribution in [3.8, 4) is 11.5 Å². The highest BCUT2D eigenvalue weighted by atomic mass is 16.7. The van der Waals surface area contributed by atoms with Gasteiger partial charge in [0.25, 0.3) is 5.91 Å². The molecule has 2 heterocycles. The number of amidine groups is 1. The van der Waals surface area contributed by atoms with Crippen LogP contribution < -0.4 is 15.0 Å². The van der Waals surface area contributed by atoms with E-state index in [-0.39, 0.29) is 23.3 Å². The number of hydrogen-bond donors (Lipinski definition) is 2. The molecule has 11 nitrogen and oxygen atoms in total. The zero-order valence-electron chi connectivity index (χ0n) is 20.4. The second-order valence-corrected chi connectivity index (χ2v) is 9.20. The Labute approximate surface area is 207 Å². The summed E-state index contributed by atoms with van der Waals surface area (Å²) in [5.74, 6) is -1.36. The Hall–Kier alpha value is -4.12. The topological polar surface area (TPSA) is 136 Å². The van der Waals surface area contributed by atoms with Crippen molar-refractivity contribution in [2.75, 3.05) is 13.2 Å². The van der Waals surface area contributed by atoms with Crippen LogP contribution in [-0.2, 0) is 19.2 Å². The van der Waals surface area contributed by atoms with Crippen LogP contribution in [0.5, 0.6) is 11.5 Å². The number of carboxylic acids is 1. The molecule has 1 atom stereocenters. The number of allylic oxidation sites excluding steroid dienone is 3. The van der Waals surface area contributed by atoms with E-state index in [2.05, 4.69) is 10.5 Å². The molecule has 0 saturated heterocycles. The fourth-order valence-electron chi connectivity index (χ4n) is 3.76. The minimum atomic E-state index is -1.20. The first kappa shape index (κ1) is 25.0. The molecule has 11 heteroatoms. The molecule has 1 aliphatic carbocycles. The number of nitrogens with one attached hydrogen (secondary N) is 1. The summed E-state index contributed by atoms with van der Waals surface area (Å²) in [5.41, 5.74) is 3.17. The van der Waals surface area contributed by atoms with Crippen LogP contribution in [0.4, 0.5) is 0 Å². The molecule has 0 bridgehead atoms. The number of amides is 1. The largest absolute Gasteiger partial charge is 0.481 e. The van der Waals surface area contributed by atoms with Gasteiger partial charge in [-0.25, -0.2) is 20.1 Å². The number of carbonyl (C=O) groups is 3. The molecule has 2 N–H and O–H groups in total. The molecule has 1 aromatic rings. The first-order chi connectivity index (χ1) is 17.0. The van der Waals surface area contributed by atoms with Crippen molar-refractivity contribution in [3.63, 3.8) is 0 Å². The molecule has 0 spiro atoms. The van der Waals surface area contributed by atoms with Gasteiger partial charge in [-0.05, 0) is 52.3 Å².